The monoisotopic (exact) mass is 243 g/mol. The quantitative estimate of drug-likeness (QED) is 0.689. The van der Waals surface area contributed by atoms with Gasteiger partial charge in [-0.25, -0.2) is 6.54 Å². The molecule has 1 saturated heterocycles. The molecule has 0 saturated carbocycles. The fourth-order valence-electron chi connectivity index (χ4n) is 1.36. The van der Waals surface area contributed by atoms with E-state index >= 15 is 0 Å². The third-order valence-corrected chi connectivity index (χ3v) is 2.00. The van der Waals surface area contributed by atoms with Crippen LogP contribution in [0.5, 0.6) is 0 Å². The Morgan fingerprint density at radius 3 is 3.00 bits per heavy atom. The standard InChI is InChI=1S/C8H14N2O.Y/c1-3-7-5-4-6-10(7)8(11)9-2;/h6-7H,1,3-5H2,2H3,(H,9,11);/q-2;. The van der Waals surface area contributed by atoms with Crippen LogP contribution in [0, 0.1) is 13.5 Å². The van der Waals surface area contributed by atoms with E-state index < -0.39 is 0 Å². The van der Waals surface area contributed by atoms with Crippen molar-refractivity contribution in [3.05, 3.63) is 13.5 Å². The average Bonchev–Trinajstić information content (AvgIpc) is 2.50. The van der Waals surface area contributed by atoms with Gasteiger partial charge in [0.15, 0.2) is 0 Å². The molecule has 0 bridgehead atoms. The summed E-state index contributed by atoms with van der Waals surface area (Å²) in [6.07, 6.45) is 2.84. The van der Waals surface area contributed by atoms with E-state index in [1.807, 2.05) is 6.54 Å². The van der Waals surface area contributed by atoms with Crippen molar-refractivity contribution in [2.75, 3.05) is 7.05 Å². The van der Waals surface area contributed by atoms with E-state index in [2.05, 4.69) is 12.2 Å². The van der Waals surface area contributed by atoms with Crippen molar-refractivity contribution in [2.24, 2.45) is 0 Å². The summed E-state index contributed by atoms with van der Waals surface area (Å²) in [5.41, 5.74) is 0. The summed E-state index contributed by atoms with van der Waals surface area (Å²) in [7, 11) is 1.65. The first-order valence-corrected chi connectivity index (χ1v) is 3.92. The minimum absolute atomic E-state index is 0. The summed E-state index contributed by atoms with van der Waals surface area (Å²) in [5, 5.41) is 2.60. The van der Waals surface area contributed by atoms with Crippen molar-refractivity contribution in [2.45, 2.75) is 25.3 Å². The number of nitrogens with one attached hydrogen (secondary N) is 1. The molecule has 0 spiro atoms. The Kier molecular flexibility index (Phi) is 6.11. The van der Waals surface area contributed by atoms with E-state index in [1.165, 1.54) is 0 Å². The predicted octanol–water partition coefficient (Wildman–Crippen LogP) is 1.17. The Morgan fingerprint density at radius 2 is 2.50 bits per heavy atom. The largest absolute Gasteiger partial charge is 0.474 e. The molecule has 1 radical (unpaired) electrons. The molecule has 3 nitrogen and oxygen atoms in total. The van der Waals surface area contributed by atoms with E-state index in [0.29, 0.717) is 6.04 Å². The summed E-state index contributed by atoms with van der Waals surface area (Å²) in [6, 6.07) is 0.297. The Morgan fingerprint density at radius 1 is 1.83 bits per heavy atom. The van der Waals surface area contributed by atoms with Gasteiger partial charge in [0, 0.05) is 39.8 Å². The summed E-state index contributed by atoms with van der Waals surface area (Å²) in [4.78, 5) is 12.9. The SMILES string of the molecule is [CH2-]CC1CC[CH-]N1C(=O)NC.[Y]. The van der Waals surface area contributed by atoms with E-state index in [9.17, 15) is 4.79 Å². The van der Waals surface area contributed by atoms with Gasteiger partial charge in [0.05, 0.1) is 0 Å². The first-order valence-electron chi connectivity index (χ1n) is 3.92. The third kappa shape index (κ3) is 2.70. The number of urea groups is 1. The Labute approximate surface area is 99.1 Å². The number of likely N-dealkylation sites (tertiary alicyclic amines) is 1. The van der Waals surface area contributed by atoms with Crippen LogP contribution in [0.1, 0.15) is 19.3 Å². The average molecular weight is 243 g/mol. The van der Waals surface area contributed by atoms with Gasteiger partial charge in [0.2, 0.25) is 0 Å². The van der Waals surface area contributed by atoms with Crippen LogP contribution in [0.4, 0.5) is 4.79 Å². The molecule has 2 amide bonds. The number of rotatable bonds is 1. The van der Waals surface area contributed by atoms with Gasteiger partial charge in [0.25, 0.3) is 6.03 Å². The molecule has 12 heavy (non-hydrogen) atoms. The molecule has 0 aliphatic carbocycles. The van der Waals surface area contributed by atoms with E-state index in [-0.39, 0.29) is 38.7 Å². The van der Waals surface area contributed by atoms with Crippen LogP contribution in [0.3, 0.4) is 0 Å². The molecule has 1 rings (SSSR count). The maximum Gasteiger partial charge on any atom is 0.287 e. The van der Waals surface area contributed by atoms with Crippen LogP contribution in [-0.2, 0) is 32.7 Å². The van der Waals surface area contributed by atoms with Crippen LogP contribution in [0.2, 0.25) is 0 Å². The zero-order chi connectivity index (χ0) is 8.27. The van der Waals surface area contributed by atoms with Crippen LogP contribution >= 0.6 is 0 Å². The molecular weight excluding hydrogens is 229 g/mol. The molecule has 0 aromatic carbocycles. The van der Waals surface area contributed by atoms with Crippen LogP contribution in [0.25, 0.3) is 0 Å². The third-order valence-electron chi connectivity index (χ3n) is 2.00. The second-order valence-electron chi connectivity index (χ2n) is 2.66. The normalized spacial score (nSPS) is 21.8. The fraction of sp³-hybridized carbons (Fsp3) is 0.625. The Bertz CT molecular complexity index is 152. The maximum absolute atomic E-state index is 11.1. The van der Waals surface area contributed by atoms with Gasteiger partial charge in [-0.15, -0.1) is 0 Å². The number of amides is 2. The molecule has 4 heteroatoms. The first kappa shape index (κ1) is 12.4. The van der Waals surface area contributed by atoms with Crippen LogP contribution < -0.4 is 5.32 Å². The molecule has 0 aromatic rings. The van der Waals surface area contributed by atoms with E-state index in [0.717, 1.165) is 19.3 Å². The maximum atomic E-state index is 11.1. The number of carbonyl (C=O) groups is 1. The first-order chi connectivity index (χ1) is 5.29. The molecule has 1 N–H and O–H groups in total. The van der Waals surface area contributed by atoms with Gasteiger partial charge >= 0.3 is 0 Å². The molecule has 67 valence electrons. The zero-order valence-corrected chi connectivity index (χ0v) is 10.3. The van der Waals surface area contributed by atoms with Crippen molar-refractivity contribution in [3.63, 3.8) is 0 Å². The number of hydrogen-bond acceptors (Lipinski definition) is 1. The summed E-state index contributed by atoms with van der Waals surface area (Å²) in [5.74, 6) is 0. The number of hydrogen-bond donors (Lipinski definition) is 1. The summed E-state index contributed by atoms with van der Waals surface area (Å²) in [6.45, 7) is 5.73. The second-order valence-corrected chi connectivity index (χ2v) is 2.66. The van der Waals surface area contributed by atoms with Crippen LogP contribution in [-0.4, -0.2) is 24.0 Å². The van der Waals surface area contributed by atoms with Gasteiger partial charge in [-0.3, -0.25) is 4.79 Å². The minimum Gasteiger partial charge on any atom is -0.474 e. The molecule has 1 heterocycles. The predicted molar refractivity (Wildman–Crippen MR) is 43.6 cm³/mol. The number of carbonyl (C=O) groups excluding carboxylic acids is 1. The van der Waals surface area contributed by atoms with Crippen molar-refractivity contribution in [1.29, 1.82) is 0 Å². The Hall–Kier alpha value is 0.374. The molecule has 1 atom stereocenters. The van der Waals surface area contributed by atoms with Gasteiger partial charge in [0.1, 0.15) is 0 Å². The molecule has 1 aliphatic rings. The fourth-order valence-corrected chi connectivity index (χ4v) is 1.36. The second kappa shape index (κ2) is 5.92. The zero-order valence-electron chi connectivity index (χ0n) is 7.42. The van der Waals surface area contributed by atoms with Gasteiger partial charge < -0.3 is 17.1 Å². The van der Waals surface area contributed by atoms with Gasteiger partial charge in [-0.2, -0.15) is 12.8 Å². The molecule has 1 fully saturated rings. The Balaban J connectivity index is 0.00000121. The van der Waals surface area contributed by atoms with Crippen molar-refractivity contribution in [3.8, 4) is 0 Å². The van der Waals surface area contributed by atoms with Gasteiger partial charge in [-0.05, 0) is 6.04 Å². The van der Waals surface area contributed by atoms with Crippen molar-refractivity contribution >= 4 is 6.03 Å². The van der Waals surface area contributed by atoms with Crippen molar-refractivity contribution < 1.29 is 37.5 Å². The topological polar surface area (TPSA) is 32.3 Å². The number of nitrogens with zero attached hydrogens (tertiary/aromatic N) is 1. The summed E-state index contributed by atoms with van der Waals surface area (Å²) >= 11 is 0. The van der Waals surface area contributed by atoms with Crippen molar-refractivity contribution in [1.82, 2.24) is 10.2 Å². The minimum atomic E-state index is -0.0175. The molecular formula is C8H14N2OY-2. The van der Waals surface area contributed by atoms with E-state index in [1.54, 1.807) is 11.9 Å². The van der Waals surface area contributed by atoms with Gasteiger partial charge in [-0.1, -0.05) is 6.42 Å². The summed E-state index contributed by atoms with van der Waals surface area (Å²) < 4.78 is 0. The molecule has 0 aromatic heterocycles. The smallest absolute Gasteiger partial charge is 0.287 e. The van der Waals surface area contributed by atoms with Crippen LogP contribution in [0.15, 0.2) is 0 Å². The molecule has 1 aliphatic heterocycles. The molecule has 1 unspecified atom stereocenters. The van der Waals surface area contributed by atoms with E-state index in [4.69, 9.17) is 0 Å².